The highest BCUT2D eigenvalue weighted by Crippen LogP contribution is 2.58. The molecule has 1 aliphatic heterocycles. The lowest BCUT2D eigenvalue weighted by Crippen LogP contribution is -2.39. The van der Waals surface area contributed by atoms with E-state index in [0.717, 1.165) is 5.56 Å². The van der Waals surface area contributed by atoms with Gasteiger partial charge in [0.2, 0.25) is 5.91 Å². The molecule has 5 nitrogen and oxygen atoms in total. The number of rotatable bonds is 3. The minimum atomic E-state index is -1.34. The lowest BCUT2D eigenvalue weighted by atomic mass is 9.93. The predicted octanol–water partition coefficient (Wildman–Crippen LogP) is 3.70. The summed E-state index contributed by atoms with van der Waals surface area (Å²) in [5, 5.41) is 0.552. The molecule has 2 aromatic rings. The monoisotopic (exact) mass is 383 g/mol. The van der Waals surface area contributed by atoms with Crippen molar-refractivity contribution in [3.63, 3.8) is 0 Å². The number of para-hydroxylation sites is 1. The van der Waals surface area contributed by atoms with Crippen LogP contribution in [0.25, 0.3) is 0 Å². The fraction of sp³-hybridized carbons (Fsp3) is 0.286. The first-order valence-electron chi connectivity index (χ1n) is 8.87. The number of hydrogen-bond donors (Lipinski definition) is 0. The molecule has 1 fully saturated rings. The number of nitrogens with zero attached hydrogens (tertiary/aromatic N) is 1. The second kappa shape index (κ2) is 6.50. The van der Waals surface area contributed by atoms with E-state index in [0.29, 0.717) is 16.4 Å². The standard InChI is InChI=1S/C21H18ClNO4/c1-2-27-19(25)16-12-21(16)18(24)11-13-5-3-4-6-17(13)23(20(21)26)15-9-7-14(22)8-10-15/h3-10,16H,2,11-12H2,1H3. The summed E-state index contributed by atoms with van der Waals surface area (Å²) in [5.41, 5.74) is 0.687. The Kier molecular flexibility index (Phi) is 4.27. The number of esters is 1. The lowest BCUT2D eigenvalue weighted by molar-refractivity contribution is -0.149. The van der Waals surface area contributed by atoms with Crippen LogP contribution in [0.15, 0.2) is 48.5 Å². The summed E-state index contributed by atoms with van der Waals surface area (Å²) in [5.74, 6) is -1.81. The predicted molar refractivity (Wildman–Crippen MR) is 101 cm³/mol. The van der Waals surface area contributed by atoms with Crippen molar-refractivity contribution in [1.82, 2.24) is 0 Å². The van der Waals surface area contributed by atoms with Gasteiger partial charge in [-0.05, 0) is 49.2 Å². The van der Waals surface area contributed by atoms with Crippen molar-refractivity contribution in [2.75, 3.05) is 11.5 Å². The quantitative estimate of drug-likeness (QED) is 0.599. The van der Waals surface area contributed by atoms with E-state index in [2.05, 4.69) is 0 Å². The molecule has 0 bridgehead atoms. The van der Waals surface area contributed by atoms with Crippen molar-refractivity contribution in [1.29, 1.82) is 0 Å². The van der Waals surface area contributed by atoms with Gasteiger partial charge in [0, 0.05) is 17.1 Å². The Balaban J connectivity index is 1.83. The van der Waals surface area contributed by atoms with Crippen molar-refractivity contribution in [3.05, 3.63) is 59.1 Å². The van der Waals surface area contributed by atoms with Crippen LogP contribution in [-0.2, 0) is 25.5 Å². The van der Waals surface area contributed by atoms with Crippen LogP contribution >= 0.6 is 11.6 Å². The first kappa shape index (κ1) is 17.7. The van der Waals surface area contributed by atoms with Crippen LogP contribution in [0.3, 0.4) is 0 Å². The Bertz CT molecular complexity index is 939. The normalized spacial score (nSPS) is 23.8. The van der Waals surface area contributed by atoms with Gasteiger partial charge in [-0.1, -0.05) is 29.8 Å². The van der Waals surface area contributed by atoms with Gasteiger partial charge in [0.15, 0.2) is 5.78 Å². The third-order valence-corrected chi connectivity index (χ3v) is 5.53. The maximum atomic E-state index is 13.6. The number of anilines is 2. The Morgan fingerprint density at radius 2 is 1.89 bits per heavy atom. The first-order valence-corrected chi connectivity index (χ1v) is 9.25. The molecular formula is C21H18ClNO4. The number of ketones is 1. The second-order valence-corrected chi connectivity index (χ2v) is 7.26. The number of hydrogen-bond acceptors (Lipinski definition) is 4. The van der Waals surface area contributed by atoms with Crippen LogP contribution in [-0.4, -0.2) is 24.3 Å². The fourth-order valence-corrected chi connectivity index (χ4v) is 3.94. The molecule has 0 aromatic heterocycles. The largest absolute Gasteiger partial charge is 0.466 e. The number of ether oxygens (including phenoxy) is 1. The van der Waals surface area contributed by atoms with Gasteiger partial charge in [0.1, 0.15) is 5.41 Å². The highest BCUT2D eigenvalue weighted by molar-refractivity contribution is 6.30. The van der Waals surface area contributed by atoms with Crippen molar-refractivity contribution in [2.24, 2.45) is 11.3 Å². The third kappa shape index (κ3) is 2.73. The molecular weight excluding hydrogens is 366 g/mol. The number of benzene rings is 2. The summed E-state index contributed by atoms with van der Waals surface area (Å²) >= 11 is 5.99. The van der Waals surface area contributed by atoms with Crippen LogP contribution in [0.5, 0.6) is 0 Å². The van der Waals surface area contributed by atoms with E-state index in [4.69, 9.17) is 16.3 Å². The van der Waals surface area contributed by atoms with Crippen molar-refractivity contribution in [2.45, 2.75) is 19.8 Å². The third-order valence-electron chi connectivity index (χ3n) is 5.28. The highest BCUT2D eigenvalue weighted by Gasteiger charge is 2.70. The minimum absolute atomic E-state index is 0.113. The molecule has 2 unspecified atom stereocenters. The molecule has 1 heterocycles. The molecule has 2 atom stereocenters. The van der Waals surface area contributed by atoms with Crippen LogP contribution in [0.2, 0.25) is 5.02 Å². The van der Waals surface area contributed by atoms with Crippen LogP contribution in [0.4, 0.5) is 11.4 Å². The number of Topliss-reactive ketones (excluding diaryl/α,β-unsaturated/α-hetero) is 1. The Labute approximate surface area is 161 Å². The highest BCUT2D eigenvalue weighted by atomic mass is 35.5. The van der Waals surface area contributed by atoms with Gasteiger partial charge >= 0.3 is 5.97 Å². The number of carbonyl (C=O) groups is 3. The van der Waals surface area contributed by atoms with E-state index < -0.39 is 17.3 Å². The van der Waals surface area contributed by atoms with Gasteiger partial charge in [0.25, 0.3) is 0 Å². The van der Waals surface area contributed by atoms with Crippen molar-refractivity contribution >= 4 is 40.6 Å². The molecule has 0 N–H and O–H groups in total. The minimum Gasteiger partial charge on any atom is -0.466 e. The summed E-state index contributed by atoms with van der Waals surface area (Å²) < 4.78 is 5.09. The van der Waals surface area contributed by atoms with Gasteiger partial charge in [-0.25, -0.2) is 0 Å². The summed E-state index contributed by atoms with van der Waals surface area (Å²) in [7, 11) is 0. The maximum Gasteiger partial charge on any atom is 0.310 e. The molecule has 1 saturated carbocycles. The molecule has 27 heavy (non-hydrogen) atoms. The summed E-state index contributed by atoms with van der Waals surface area (Å²) in [6, 6.07) is 14.2. The average Bonchev–Trinajstić information content (AvgIpc) is 3.42. The summed E-state index contributed by atoms with van der Waals surface area (Å²) in [6.07, 6.45) is 0.309. The van der Waals surface area contributed by atoms with E-state index in [1.807, 2.05) is 24.3 Å². The molecule has 1 aliphatic carbocycles. The summed E-state index contributed by atoms with van der Waals surface area (Å²) in [4.78, 5) is 40.4. The van der Waals surface area contributed by atoms with Gasteiger partial charge < -0.3 is 4.74 Å². The zero-order valence-corrected chi connectivity index (χ0v) is 15.5. The lowest BCUT2D eigenvalue weighted by Gasteiger charge is -2.26. The molecule has 2 aromatic carbocycles. The van der Waals surface area contributed by atoms with Gasteiger partial charge in [-0.3, -0.25) is 19.3 Å². The van der Waals surface area contributed by atoms with Crippen molar-refractivity contribution in [3.8, 4) is 0 Å². The molecule has 1 amide bonds. The first-order chi connectivity index (χ1) is 13.0. The van der Waals surface area contributed by atoms with E-state index in [-0.39, 0.29) is 31.1 Å². The number of amides is 1. The van der Waals surface area contributed by atoms with Crippen LogP contribution in [0, 0.1) is 11.3 Å². The van der Waals surface area contributed by atoms with Gasteiger partial charge in [0.05, 0.1) is 18.2 Å². The zero-order chi connectivity index (χ0) is 19.2. The van der Waals surface area contributed by atoms with Gasteiger partial charge in [-0.2, -0.15) is 0 Å². The van der Waals surface area contributed by atoms with E-state index in [1.165, 1.54) is 4.90 Å². The van der Waals surface area contributed by atoms with E-state index >= 15 is 0 Å². The molecule has 1 spiro atoms. The topological polar surface area (TPSA) is 63.7 Å². The second-order valence-electron chi connectivity index (χ2n) is 6.83. The molecule has 138 valence electrons. The molecule has 0 radical (unpaired) electrons. The average molecular weight is 384 g/mol. The Morgan fingerprint density at radius 3 is 2.59 bits per heavy atom. The molecule has 2 aliphatic rings. The smallest absolute Gasteiger partial charge is 0.310 e. The fourth-order valence-electron chi connectivity index (χ4n) is 3.82. The van der Waals surface area contributed by atoms with Crippen molar-refractivity contribution < 1.29 is 19.1 Å². The SMILES string of the molecule is CCOC(=O)C1CC12C(=O)Cc1ccccc1N(c1ccc(Cl)cc1)C2=O. The molecule has 6 heteroatoms. The Hall–Kier alpha value is -2.66. The van der Waals surface area contributed by atoms with E-state index in [9.17, 15) is 14.4 Å². The zero-order valence-electron chi connectivity index (χ0n) is 14.8. The van der Waals surface area contributed by atoms with Crippen LogP contribution < -0.4 is 4.90 Å². The molecule has 0 saturated heterocycles. The Morgan fingerprint density at radius 1 is 1.19 bits per heavy atom. The van der Waals surface area contributed by atoms with Gasteiger partial charge in [-0.15, -0.1) is 0 Å². The van der Waals surface area contributed by atoms with E-state index in [1.54, 1.807) is 31.2 Å². The molecule has 4 rings (SSSR count). The van der Waals surface area contributed by atoms with Crippen LogP contribution in [0.1, 0.15) is 18.9 Å². The maximum absolute atomic E-state index is 13.6. The number of halogens is 1. The number of carbonyl (C=O) groups excluding carboxylic acids is 3. The summed E-state index contributed by atoms with van der Waals surface area (Å²) in [6.45, 7) is 1.93. The number of fused-ring (bicyclic) bond motifs is 1.